The van der Waals surface area contributed by atoms with E-state index in [9.17, 15) is 14.3 Å². The summed E-state index contributed by atoms with van der Waals surface area (Å²) in [4.78, 5) is 13.7. The van der Waals surface area contributed by atoms with E-state index in [4.69, 9.17) is 4.42 Å². The van der Waals surface area contributed by atoms with Gasteiger partial charge in [0.1, 0.15) is 11.6 Å². The van der Waals surface area contributed by atoms with E-state index in [2.05, 4.69) is 0 Å². The molecule has 2 aromatic rings. The second kappa shape index (κ2) is 5.09. The highest BCUT2D eigenvalue weighted by atomic mass is 19.1. The average molecular weight is 275 g/mol. The Morgan fingerprint density at radius 2 is 2.00 bits per heavy atom. The van der Waals surface area contributed by atoms with Crippen LogP contribution in [-0.4, -0.2) is 35.1 Å². The quantitative estimate of drug-likeness (QED) is 0.915. The highest BCUT2D eigenvalue weighted by Crippen LogP contribution is 2.24. The second-order valence-corrected chi connectivity index (χ2v) is 4.86. The molecule has 0 saturated carbocycles. The fourth-order valence-corrected chi connectivity index (χ4v) is 2.30. The molecule has 0 unspecified atom stereocenters. The van der Waals surface area contributed by atoms with Gasteiger partial charge in [-0.25, -0.2) is 4.39 Å². The van der Waals surface area contributed by atoms with Crippen LogP contribution in [0.2, 0.25) is 0 Å². The second-order valence-electron chi connectivity index (χ2n) is 4.86. The van der Waals surface area contributed by atoms with Crippen LogP contribution in [0.25, 0.3) is 11.3 Å². The Kier molecular flexibility index (Phi) is 3.28. The minimum atomic E-state index is -0.453. The molecule has 1 aromatic carbocycles. The average Bonchev–Trinajstić information content (AvgIpc) is 3.08. The van der Waals surface area contributed by atoms with Crippen LogP contribution in [0.15, 0.2) is 40.8 Å². The highest BCUT2D eigenvalue weighted by Gasteiger charge is 2.27. The van der Waals surface area contributed by atoms with Crippen LogP contribution in [0, 0.1) is 5.82 Å². The number of aliphatic hydroxyl groups excluding tert-OH is 1. The third-order valence-electron chi connectivity index (χ3n) is 3.40. The predicted molar refractivity (Wildman–Crippen MR) is 70.6 cm³/mol. The molecule has 20 heavy (non-hydrogen) atoms. The molecule has 0 radical (unpaired) electrons. The minimum Gasteiger partial charge on any atom is -0.451 e. The SMILES string of the molecule is O=C(c1ccc(-c2ccc(F)cc2)o1)N1CC[C@H](O)C1. The molecule has 3 rings (SSSR count). The Balaban J connectivity index is 1.79. The summed E-state index contributed by atoms with van der Waals surface area (Å²) in [5, 5.41) is 9.44. The fraction of sp³-hybridized carbons (Fsp3) is 0.267. The first-order chi connectivity index (χ1) is 9.63. The van der Waals surface area contributed by atoms with Crippen molar-refractivity contribution in [2.75, 3.05) is 13.1 Å². The number of nitrogens with zero attached hydrogens (tertiary/aromatic N) is 1. The first kappa shape index (κ1) is 12.9. The summed E-state index contributed by atoms with van der Waals surface area (Å²) < 4.78 is 18.4. The van der Waals surface area contributed by atoms with Gasteiger partial charge in [-0.15, -0.1) is 0 Å². The molecular formula is C15H14FNO3. The molecule has 0 bridgehead atoms. The van der Waals surface area contributed by atoms with Crippen LogP contribution >= 0.6 is 0 Å². The lowest BCUT2D eigenvalue weighted by Gasteiger charge is -2.13. The number of carbonyl (C=O) groups is 1. The van der Waals surface area contributed by atoms with Crippen LogP contribution < -0.4 is 0 Å². The maximum absolute atomic E-state index is 12.9. The molecule has 1 N–H and O–H groups in total. The third-order valence-corrected chi connectivity index (χ3v) is 3.40. The monoisotopic (exact) mass is 275 g/mol. The van der Waals surface area contributed by atoms with E-state index in [0.717, 1.165) is 0 Å². The molecule has 0 aliphatic carbocycles. The summed E-state index contributed by atoms with van der Waals surface area (Å²) in [6.45, 7) is 0.873. The molecule has 1 atom stereocenters. The van der Waals surface area contributed by atoms with Crippen molar-refractivity contribution in [3.05, 3.63) is 48.0 Å². The number of aliphatic hydroxyl groups is 1. The molecular weight excluding hydrogens is 261 g/mol. The lowest BCUT2D eigenvalue weighted by Crippen LogP contribution is -2.29. The maximum Gasteiger partial charge on any atom is 0.289 e. The van der Waals surface area contributed by atoms with Crippen molar-refractivity contribution in [1.82, 2.24) is 4.90 Å². The summed E-state index contributed by atoms with van der Waals surface area (Å²) in [5.74, 6) is 0.212. The van der Waals surface area contributed by atoms with E-state index < -0.39 is 6.10 Å². The molecule has 5 heteroatoms. The zero-order valence-electron chi connectivity index (χ0n) is 10.8. The van der Waals surface area contributed by atoms with E-state index in [1.807, 2.05) is 0 Å². The van der Waals surface area contributed by atoms with E-state index in [0.29, 0.717) is 30.8 Å². The van der Waals surface area contributed by atoms with Gasteiger partial charge in [0.25, 0.3) is 5.91 Å². The van der Waals surface area contributed by atoms with Crippen molar-refractivity contribution in [2.24, 2.45) is 0 Å². The van der Waals surface area contributed by atoms with E-state index in [1.165, 1.54) is 12.1 Å². The van der Waals surface area contributed by atoms with Crippen LogP contribution in [0.3, 0.4) is 0 Å². The molecule has 4 nitrogen and oxygen atoms in total. The van der Waals surface area contributed by atoms with Gasteiger partial charge in [-0.1, -0.05) is 0 Å². The number of benzene rings is 1. The van der Waals surface area contributed by atoms with Crippen LogP contribution in [0.4, 0.5) is 4.39 Å². The molecule has 1 amide bonds. The number of furan rings is 1. The standard InChI is InChI=1S/C15H14FNO3/c16-11-3-1-10(2-4-11)13-5-6-14(20-13)15(19)17-8-7-12(18)9-17/h1-6,12,18H,7-9H2/t12-/m0/s1. The van der Waals surface area contributed by atoms with Gasteiger partial charge < -0.3 is 14.4 Å². The van der Waals surface area contributed by atoms with Gasteiger partial charge in [0.05, 0.1) is 6.10 Å². The minimum absolute atomic E-state index is 0.227. The van der Waals surface area contributed by atoms with Gasteiger partial charge in [-0.05, 0) is 42.8 Å². The Hall–Kier alpha value is -2.14. The first-order valence-electron chi connectivity index (χ1n) is 6.46. The number of β-amino-alcohol motifs (C(OH)–C–C–N with tert-alkyl or cyclic N) is 1. The summed E-state index contributed by atoms with van der Waals surface area (Å²) in [5.41, 5.74) is 0.715. The van der Waals surface area contributed by atoms with Crippen molar-refractivity contribution < 1.29 is 18.7 Å². The van der Waals surface area contributed by atoms with Gasteiger partial charge in [-0.3, -0.25) is 4.79 Å². The van der Waals surface area contributed by atoms with Gasteiger partial charge in [0.2, 0.25) is 0 Å². The van der Waals surface area contributed by atoms with Crippen molar-refractivity contribution in [2.45, 2.75) is 12.5 Å². The Labute approximate surface area is 115 Å². The summed E-state index contributed by atoms with van der Waals surface area (Å²) >= 11 is 0. The Bertz CT molecular complexity index is 620. The predicted octanol–water partition coefficient (Wildman–Crippen LogP) is 2.29. The molecule has 1 fully saturated rings. The first-order valence-corrected chi connectivity index (χ1v) is 6.46. The van der Waals surface area contributed by atoms with Gasteiger partial charge in [0, 0.05) is 18.7 Å². The van der Waals surface area contributed by atoms with E-state index >= 15 is 0 Å². The molecule has 104 valence electrons. The summed E-state index contributed by atoms with van der Waals surface area (Å²) in [7, 11) is 0. The molecule has 2 heterocycles. The normalized spacial score (nSPS) is 18.5. The largest absolute Gasteiger partial charge is 0.451 e. The number of carbonyl (C=O) groups excluding carboxylic acids is 1. The van der Waals surface area contributed by atoms with E-state index in [1.54, 1.807) is 29.2 Å². The maximum atomic E-state index is 12.9. The van der Waals surface area contributed by atoms with Gasteiger partial charge >= 0.3 is 0 Å². The number of amides is 1. The van der Waals surface area contributed by atoms with Crippen molar-refractivity contribution >= 4 is 5.91 Å². The van der Waals surface area contributed by atoms with E-state index in [-0.39, 0.29) is 17.5 Å². The van der Waals surface area contributed by atoms with Crippen LogP contribution in [0.5, 0.6) is 0 Å². The lowest BCUT2D eigenvalue weighted by molar-refractivity contribution is 0.0734. The molecule has 1 saturated heterocycles. The fourth-order valence-electron chi connectivity index (χ4n) is 2.30. The van der Waals surface area contributed by atoms with Gasteiger partial charge in [0.15, 0.2) is 5.76 Å². The zero-order valence-corrected chi connectivity index (χ0v) is 10.8. The highest BCUT2D eigenvalue weighted by molar-refractivity contribution is 5.92. The number of rotatable bonds is 2. The number of likely N-dealkylation sites (tertiary alicyclic amines) is 1. The van der Waals surface area contributed by atoms with Gasteiger partial charge in [-0.2, -0.15) is 0 Å². The number of hydrogen-bond donors (Lipinski definition) is 1. The number of hydrogen-bond acceptors (Lipinski definition) is 3. The number of halogens is 1. The molecule has 0 spiro atoms. The molecule has 1 aromatic heterocycles. The summed E-state index contributed by atoms with van der Waals surface area (Å²) in [6.07, 6.45) is 0.141. The Morgan fingerprint density at radius 1 is 1.25 bits per heavy atom. The zero-order chi connectivity index (χ0) is 14.1. The molecule has 1 aliphatic heterocycles. The topological polar surface area (TPSA) is 53.7 Å². The third kappa shape index (κ3) is 2.44. The Morgan fingerprint density at radius 3 is 2.65 bits per heavy atom. The summed E-state index contributed by atoms with van der Waals surface area (Å²) in [6, 6.07) is 9.18. The smallest absolute Gasteiger partial charge is 0.289 e. The van der Waals surface area contributed by atoms with Crippen LogP contribution in [-0.2, 0) is 0 Å². The lowest BCUT2D eigenvalue weighted by atomic mass is 10.2. The van der Waals surface area contributed by atoms with Crippen molar-refractivity contribution in [1.29, 1.82) is 0 Å². The molecule has 1 aliphatic rings. The van der Waals surface area contributed by atoms with Crippen LogP contribution in [0.1, 0.15) is 17.0 Å². The van der Waals surface area contributed by atoms with Crippen molar-refractivity contribution in [3.63, 3.8) is 0 Å². The van der Waals surface area contributed by atoms with Crippen molar-refractivity contribution in [3.8, 4) is 11.3 Å².